The molecule has 0 saturated heterocycles. The molecule has 0 amide bonds. The molecule has 0 radical (unpaired) electrons. The highest BCUT2D eigenvalue weighted by molar-refractivity contribution is 4.88. The van der Waals surface area contributed by atoms with Crippen LogP contribution in [-0.4, -0.2) is 20.8 Å². The van der Waals surface area contributed by atoms with Gasteiger partial charge in [-0.3, -0.25) is 0 Å². The number of hydrogen-bond donors (Lipinski definition) is 1. The predicted molar refractivity (Wildman–Crippen MR) is 70.6 cm³/mol. The molecule has 1 atom stereocenters. The van der Waals surface area contributed by atoms with Gasteiger partial charge in [0, 0.05) is 19.0 Å². The highest BCUT2D eigenvalue weighted by atomic mass is 15.3. The second-order valence-electron chi connectivity index (χ2n) is 6.26. The molecule has 1 heterocycles. The summed E-state index contributed by atoms with van der Waals surface area (Å²) in [4.78, 5) is 4.32. The SMILES string of the molecule is CC(C)Cn1ncnc1CCC(N)C(C)(C)C. The van der Waals surface area contributed by atoms with Crippen LogP contribution in [0.1, 0.15) is 46.9 Å². The Morgan fingerprint density at radius 3 is 2.53 bits per heavy atom. The molecule has 0 bridgehead atoms. The summed E-state index contributed by atoms with van der Waals surface area (Å²) in [6.07, 6.45) is 3.51. The maximum atomic E-state index is 6.16. The lowest BCUT2D eigenvalue weighted by Crippen LogP contribution is -2.35. The van der Waals surface area contributed by atoms with Gasteiger partial charge in [-0.25, -0.2) is 9.67 Å². The Hall–Kier alpha value is -0.900. The van der Waals surface area contributed by atoms with Gasteiger partial charge in [-0.05, 0) is 17.8 Å². The lowest BCUT2D eigenvalue weighted by Gasteiger charge is -2.26. The van der Waals surface area contributed by atoms with Gasteiger partial charge >= 0.3 is 0 Å². The summed E-state index contributed by atoms with van der Waals surface area (Å²) in [6, 6.07) is 0.201. The van der Waals surface area contributed by atoms with Gasteiger partial charge in [0.2, 0.25) is 0 Å². The number of aromatic nitrogens is 3. The van der Waals surface area contributed by atoms with E-state index < -0.39 is 0 Å². The number of nitrogens with two attached hydrogens (primary N) is 1. The van der Waals surface area contributed by atoms with Gasteiger partial charge < -0.3 is 5.73 Å². The second-order valence-corrected chi connectivity index (χ2v) is 6.26. The van der Waals surface area contributed by atoms with Gasteiger partial charge in [0.1, 0.15) is 12.2 Å². The van der Waals surface area contributed by atoms with Crippen molar-refractivity contribution in [1.29, 1.82) is 0 Å². The first-order chi connectivity index (χ1) is 7.80. The van der Waals surface area contributed by atoms with E-state index in [0.29, 0.717) is 5.92 Å². The number of hydrogen-bond acceptors (Lipinski definition) is 3. The van der Waals surface area contributed by atoms with Gasteiger partial charge in [0.25, 0.3) is 0 Å². The maximum absolute atomic E-state index is 6.16. The van der Waals surface area contributed by atoms with Gasteiger partial charge in [-0.15, -0.1) is 0 Å². The molecular weight excluding hydrogens is 212 g/mol. The van der Waals surface area contributed by atoms with E-state index in [-0.39, 0.29) is 11.5 Å². The topological polar surface area (TPSA) is 56.7 Å². The van der Waals surface area contributed by atoms with Crippen LogP contribution in [0.2, 0.25) is 0 Å². The van der Waals surface area contributed by atoms with Crippen molar-refractivity contribution in [1.82, 2.24) is 14.8 Å². The third-order valence-electron chi connectivity index (χ3n) is 3.03. The molecule has 1 aromatic heterocycles. The van der Waals surface area contributed by atoms with Crippen molar-refractivity contribution in [3.8, 4) is 0 Å². The summed E-state index contributed by atoms with van der Waals surface area (Å²) in [5.41, 5.74) is 6.32. The van der Waals surface area contributed by atoms with Crippen LogP contribution in [0.15, 0.2) is 6.33 Å². The Bertz CT molecular complexity index is 335. The van der Waals surface area contributed by atoms with Crippen LogP contribution in [-0.2, 0) is 13.0 Å². The molecule has 2 N–H and O–H groups in total. The van der Waals surface area contributed by atoms with E-state index in [1.807, 2.05) is 4.68 Å². The molecule has 1 aromatic rings. The van der Waals surface area contributed by atoms with E-state index in [2.05, 4.69) is 44.7 Å². The van der Waals surface area contributed by atoms with Gasteiger partial charge in [0.15, 0.2) is 0 Å². The van der Waals surface area contributed by atoms with Gasteiger partial charge in [-0.1, -0.05) is 34.6 Å². The Kier molecular flexibility index (Phi) is 4.69. The van der Waals surface area contributed by atoms with Crippen LogP contribution in [0.5, 0.6) is 0 Å². The zero-order valence-corrected chi connectivity index (χ0v) is 11.8. The summed E-state index contributed by atoms with van der Waals surface area (Å²) in [5.74, 6) is 1.64. The van der Waals surface area contributed by atoms with Crippen molar-refractivity contribution >= 4 is 0 Å². The second kappa shape index (κ2) is 5.63. The van der Waals surface area contributed by atoms with E-state index in [1.54, 1.807) is 6.33 Å². The fourth-order valence-electron chi connectivity index (χ4n) is 1.70. The van der Waals surface area contributed by atoms with E-state index in [0.717, 1.165) is 25.2 Å². The fraction of sp³-hybridized carbons (Fsp3) is 0.846. The fourth-order valence-corrected chi connectivity index (χ4v) is 1.70. The third kappa shape index (κ3) is 4.46. The molecule has 4 nitrogen and oxygen atoms in total. The minimum Gasteiger partial charge on any atom is -0.327 e. The number of nitrogens with zero attached hydrogens (tertiary/aromatic N) is 3. The molecule has 1 rings (SSSR count). The quantitative estimate of drug-likeness (QED) is 0.856. The lowest BCUT2D eigenvalue weighted by molar-refractivity contribution is 0.302. The molecule has 4 heteroatoms. The standard InChI is InChI=1S/C13H26N4/c1-10(2)8-17-12(15-9-16-17)7-6-11(14)13(3,4)5/h9-11H,6-8,14H2,1-5H3. The van der Waals surface area contributed by atoms with Crippen molar-refractivity contribution in [2.75, 3.05) is 0 Å². The van der Waals surface area contributed by atoms with E-state index >= 15 is 0 Å². The molecule has 17 heavy (non-hydrogen) atoms. The summed E-state index contributed by atoms with van der Waals surface area (Å²) in [7, 11) is 0. The smallest absolute Gasteiger partial charge is 0.138 e. The van der Waals surface area contributed by atoms with Crippen molar-refractivity contribution in [3.63, 3.8) is 0 Å². The van der Waals surface area contributed by atoms with Gasteiger partial charge in [-0.2, -0.15) is 5.10 Å². The van der Waals surface area contributed by atoms with Crippen LogP contribution in [0.4, 0.5) is 0 Å². The number of aryl methyl sites for hydroxylation is 1. The first kappa shape index (κ1) is 14.2. The molecule has 0 aliphatic rings. The monoisotopic (exact) mass is 238 g/mol. The molecule has 1 unspecified atom stereocenters. The normalized spacial score (nSPS) is 14.3. The van der Waals surface area contributed by atoms with Crippen LogP contribution in [0, 0.1) is 11.3 Å². The Morgan fingerprint density at radius 1 is 1.35 bits per heavy atom. The zero-order chi connectivity index (χ0) is 13.1. The molecule has 98 valence electrons. The number of rotatable bonds is 5. The Morgan fingerprint density at radius 2 is 2.00 bits per heavy atom. The molecule has 0 aliphatic heterocycles. The maximum Gasteiger partial charge on any atom is 0.138 e. The van der Waals surface area contributed by atoms with Crippen LogP contribution in [0.3, 0.4) is 0 Å². The largest absolute Gasteiger partial charge is 0.327 e. The van der Waals surface area contributed by atoms with Crippen LogP contribution >= 0.6 is 0 Å². The Balaban J connectivity index is 2.55. The van der Waals surface area contributed by atoms with Crippen molar-refractivity contribution in [2.45, 2.75) is 60.0 Å². The molecule has 0 aliphatic carbocycles. The molecule has 0 aromatic carbocycles. The molecule has 0 saturated carbocycles. The molecule has 0 fully saturated rings. The van der Waals surface area contributed by atoms with Crippen molar-refractivity contribution in [2.24, 2.45) is 17.1 Å². The van der Waals surface area contributed by atoms with E-state index in [4.69, 9.17) is 5.73 Å². The van der Waals surface area contributed by atoms with Crippen LogP contribution < -0.4 is 5.73 Å². The van der Waals surface area contributed by atoms with Crippen molar-refractivity contribution in [3.05, 3.63) is 12.2 Å². The zero-order valence-electron chi connectivity index (χ0n) is 11.8. The minimum absolute atomic E-state index is 0.156. The summed E-state index contributed by atoms with van der Waals surface area (Å²) in [6.45, 7) is 11.8. The van der Waals surface area contributed by atoms with E-state index in [9.17, 15) is 0 Å². The van der Waals surface area contributed by atoms with Crippen LogP contribution in [0.25, 0.3) is 0 Å². The first-order valence-electron chi connectivity index (χ1n) is 6.43. The van der Waals surface area contributed by atoms with Gasteiger partial charge in [0.05, 0.1) is 0 Å². The predicted octanol–water partition coefficient (Wildman–Crippen LogP) is 2.24. The highest BCUT2D eigenvalue weighted by Crippen LogP contribution is 2.20. The third-order valence-corrected chi connectivity index (χ3v) is 3.03. The summed E-state index contributed by atoms with van der Waals surface area (Å²) in [5, 5.41) is 4.26. The summed E-state index contributed by atoms with van der Waals surface area (Å²) < 4.78 is 2.00. The van der Waals surface area contributed by atoms with E-state index in [1.165, 1.54) is 0 Å². The minimum atomic E-state index is 0.156. The Labute approximate surface area is 105 Å². The molecule has 0 spiro atoms. The molecular formula is C13H26N4. The average Bonchev–Trinajstić information content (AvgIpc) is 2.59. The summed E-state index contributed by atoms with van der Waals surface area (Å²) >= 11 is 0. The van der Waals surface area contributed by atoms with Crippen molar-refractivity contribution < 1.29 is 0 Å². The lowest BCUT2D eigenvalue weighted by atomic mass is 9.85. The highest BCUT2D eigenvalue weighted by Gasteiger charge is 2.21. The first-order valence-corrected chi connectivity index (χ1v) is 6.43. The average molecular weight is 238 g/mol.